The Labute approximate surface area is 168 Å². The smallest absolute Gasteiger partial charge is 0.357 e. The van der Waals surface area contributed by atoms with Gasteiger partial charge in [0.25, 0.3) is 5.91 Å². The van der Waals surface area contributed by atoms with Crippen molar-refractivity contribution in [3.8, 4) is 11.8 Å². The zero-order chi connectivity index (χ0) is 21.0. The average Bonchev–Trinajstić information content (AvgIpc) is 3.10. The van der Waals surface area contributed by atoms with Crippen molar-refractivity contribution in [1.82, 2.24) is 4.57 Å². The summed E-state index contributed by atoms with van der Waals surface area (Å²) in [6, 6.07) is 16.2. The van der Waals surface area contributed by atoms with Crippen LogP contribution in [0.4, 0.5) is 11.4 Å². The van der Waals surface area contributed by atoms with Gasteiger partial charge in [0, 0.05) is 23.1 Å². The van der Waals surface area contributed by atoms with Crippen molar-refractivity contribution in [1.29, 1.82) is 5.26 Å². The number of esters is 1. The largest absolute Gasteiger partial charge is 0.464 e. The molecule has 7 nitrogen and oxygen atoms in total. The van der Waals surface area contributed by atoms with Gasteiger partial charge in [-0.1, -0.05) is 31.2 Å². The van der Waals surface area contributed by atoms with E-state index in [-0.39, 0.29) is 22.9 Å². The van der Waals surface area contributed by atoms with E-state index in [1.165, 1.54) is 17.9 Å². The summed E-state index contributed by atoms with van der Waals surface area (Å²) in [6.07, 6.45) is 2.24. The SMILES string of the molecule is CCc1ccccc1NC(=O)c1cccc(-n2cc(C#N)c(N)c2C(=O)OC)c1. The molecule has 0 saturated carbocycles. The number of aryl methyl sites for hydroxylation is 1. The molecule has 0 aliphatic carbocycles. The number of nitriles is 1. The highest BCUT2D eigenvalue weighted by Gasteiger charge is 2.22. The van der Waals surface area contributed by atoms with Gasteiger partial charge in [-0.15, -0.1) is 0 Å². The molecule has 3 N–H and O–H groups in total. The minimum atomic E-state index is -0.671. The van der Waals surface area contributed by atoms with Gasteiger partial charge in [0.05, 0.1) is 18.4 Å². The van der Waals surface area contributed by atoms with Crippen LogP contribution in [0.1, 0.15) is 38.9 Å². The molecule has 0 aliphatic rings. The Bertz CT molecular complexity index is 1130. The molecular formula is C22H20N4O3. The number of anilines is 2. The van der Waals surface area contributed by atoms with Gasteiger partial charge in [-0.05, 0) is 36.2 Å². The van der Waals surface area contributed by atoms with Gasteiger partial charge >= 0.3 is 5.97 Å². The van der Waals surface area contributed by atoms with Crippen LogP contribution in [-0.4, -0.2) is 23.6 Å². The number of carbonyl (C=O) groups is 2. The predicted molar refractivity (Wildman–Crippen MR) is 110 cm³/mol. The molecule has 146 valence electrons. The molecular weight excluding hydrogens is 368 g/mol. The third kappa shape index (κ3) is 3.82. The molecule has 0 aliphatic heterocycles. The van der Waals surface area contributed by atoms with Crippen molar-refractivity contribution in [3.63, 3.8) is 0 Å². The summed E-state index contributed by atoms with van der Waals surface area (Å²) in [6.45, 7) is 2.02. The minimum Gasteiger partial charge on any atom is -0.464 e. The van der Waals surface area contributed by atoms with Crippen LogP contribution in [0.15, 0.2) is 54.7 Å². The zero-order valence-corrected chi connectivity index (χ0v) is 16.1. The summed E-state index contributed by atoms with van der Waals surface area (Å²) in [5, 5.41) is 12.2. The van der Waals surface area contributed by atoms with Crippen LogP contribution in [0.2, 0.25) is 0 Å². The third-order valence-electron chi connectivity index (χ3n) is 4.58. The summed E-state index contributed by atoms with van der Waals surface area (Å²) >= 11 is 0. The number of benzene rings is 2. The van der Waals surface area contributed by atoms with Crippen molar-refractivity contribution in [2.45, 2.75) is 13.3 Å². The number of nitrogens with one attached hydrogen (secondary N) is 1. The first kappa shape index (κ1) is 19.7. The van der Waals surface area contributed by atoms with Crippen molar-refractivity contribution < 1.29 is 14.3 Å². The number of nitrogens with zero attached hydrogens (tertiary/aromatic N) is 2. The van der Waals surface area contributed by atoms with E-state index < -0.39 is 5.97 Å². The molecule has 0 fully saturated rings. The van der Waals surface area contributed by atoms with Gasteiger partial charge in [0.15, 0.2) is 5.69 Å². The van der Waals surface area contributed by atoms with Crippen molar-refractivity contribution in [2.24, 2.45) is 0 Å². The van der Waals surface area contributed by atoms with Gasteiger partial charge in [-0.3, -0.25) is 4.79 Å². The van der Waals surface area contributed by atoms with Gasteiger partial charge < -0.3 is 20.4 Å². The normalized spacial score (nSPS) is 10.2. The van der Waals surface area contributed by atoms with E-state index in [2.05, 4.69) is 5.32 Å². The Morgan fingerprint density at radius 3 is 2.66 bits per heavy atom. The maximum atomic E-state index is 12.8. The van der Waals surface area contributed by atoms with E-state index in [1.54, 1.807) is 24.3 Å². The fraction of sp³-hybridized carbons (Fsp3) is 0.136. The van der Waals surface area contributed by atoms with Crippen LogP contribution in [0.25, 0.3) is 5.69 Å². The van der Waals surface area contributed by atoms with Crippen molar-refractivity contribution in [3.05, 3.63) is 77.1 Å². The van der Waals surface area contributed by atoms with E-state index in [1.807, 2.05) is 37.3 Å². The Kier molecular flexibility index (Phi) is 5.65. The molecule has 0 bridgehead atoms. The monoisotopic (exact) mass is 388 g/mol. The molecule has 3 rings (SSSR count). The van der Waals surface area contributed by atoms with Crippen LogP contribution in [0, 0.1) is 11.3 Å². The fourth-order valence-electron chi connectivity index (χ4n) is 3.06. The number of hydrogen-bond donors (Lipinski definition) is 2. The molecule has 0 unspecified atom stereocenters. The Morgan fingerprint density at radius 1 is 1.21 bits per heavy atom. The lowest BCUT2D eigenvalue weighted by Crippen LogP contribution is -2.14. The molecule has 3 aromatic rings. The summed E-state index contributed by atoms with van der Waals surface area (Å²) < 4.78 is 6.25. The summed E-state index contributed by atoms with van der Waals surface area (Å²) in [7, 11) is 1.24. The standard InChI is InChI=1S/C22H20N4O3/c1-3-14-7-4-5-10-18(14)25-21(27)15-8-6-9-17(11-15)26-13-16(12-23)19(24)20(26)22(28)29-2/h4-11,13H,3,24H2,1-2H3,(H,25,27). The second-order valence-corrected chi connectivity index (χ2v) is 6.29. The molecule has 1 amide bonds. The first-order valence-electron chi connectivity index (χ1n) is 8.99. The summed E-state index contributed by atoms with van der Waals surface area (Å²) in [5.74, 6) is -0.955. The number of methoxy groups -OCH3 is 1. The number of rotatable bonds is 5. The van der Waals surface area contributed by atoms with E-state index in [9.17, 15) is 14.9 Å². The molecule has 0 spiro atoms. The van der Waals surface area contributed by atoms with Gasteiger partial charge in [-0.2, -0.15) is 5.26 Å². The highest BCUT2D eigenvalue weighted by Crippen LogP contribution is 2.25. The lowest BCUT2D eigenvalue weighted by molar-refractivity contribution is 0.0593. The van der Waals surface area contributed by atoms with E-state index in [0.717, 1.165) is 17.7 Å². The van der Waals surface area contributed by atoms with Gasteiger partial charge in [-0.25, -0.2) is 4.79 Å². The minimum absolute atomic E-state index is 0.0334. The molecule has 1 aromatic heterocycles. The average molecular weight is 388 g/mol. The molecule has 1 heterocycles. The summed E-state index contributed by atoms with van der Waals surface area (Å²) in [5.41, 5.74) is 8.85. The van der Waals surface area contributed by atoms with Crippen LogP contribution in [0.5, 0.6) is 0 Å². The Morgan fingerprint density at radius 2 is 1.97 bits per heavy atom. The molecule has 0 saturated heterocycles. The lowest BCUT2D eigenvalue weighted by Gasteiger charge is -2.12. The second kappa shape index (κ2) is 8.31. The quantitative estimate of drug-likeness (QED) is 0.650. The maximum Gasteiger partial charge on any atom is 0.357 e. The zero-order valence-electron chi connectivity index (χ0n) is 16.1. The highest BCUT2D eigenvalue weighted by molar-refractivity contribution is 6.05. The lowest BCUT2D eigenvalue weighted by atomic mass is 10.1. The topological polar surface area (TPSA) is 110 Å². The number of nitrogen functional groups attached to an aromatic ring is 1. The van der Waals surface area contributed by atoms with Crippen LogP contribution >= 0.6 is 0 Å². The van der Waals surface area contributed by atoms with Crippen LogP contribution in [-0.2, 0) is 11.2 Å². The number of amides is 1. The van der Waals surface area contributed by atoms with Gasteiger partial charge in [0.1, 0.15) is 6.07 Å². The predicted octanol–water partition coefficient (Wildman–Crippen LogP) is 3.53. The molecule has 29 heavy (non-hydrogen) atoms. The van der Waals surface area contributed by atoms with Gasteiger partial charge in [0.2, 0.25) is 0 Å². The number of aromatic nitrogens is 1. The van der Waals surface area contributed by atoms with Crippen molar-refractivity contribution in [2.75, 3.05) is 18.2 Å². The first-order valence-corrected chi connectivity index (χ1v) is 8.99. The van der Waals surface area contributed by atoms with E-state index >= 15 is 0 Å². The van der Waals surface area contributed by atoms with Crippen LogP contribution < -0.4 is 11.1 Å². The molecule has 0 atom stereocenters. The number of nitrogens with two attached hydrogens (primary N) is 1. The number of ether oxygens (including phenoxy) is 1. The fourth-order valence-corrected chi connectivity index (χ4v) is 3.06. The third-order valence-corrected chi connectivity index (χ3v) is 4.58. The second-order valence-electron chi connectivity index (χ2n) is 6.29. The molecule has 2 aromatic carbocycles. The highest BCUT2D eigenvalue weighted by atomic mass is 16.5. The van der Waals surface area contributed by atoms with Crippen molar-refractivity contribution >= 4 is 23.3 Å². The van der Waals surface area contributed by atoms with Crippen LogP contribution in [0.3, 0.4) is 0 Å². The number of hydrogen-bond acceptors (Lipinski definition) is 5. The Balaban J connectivity index is 2.00. The maximum absolute atomic E-state index is 12.8. The number of carbonyl (C=O) groups excluding carboxylic acids is 2. The first-order chi connectivity index (χ1) is 14.0. The Hall–Kier alpha value is -4.05. The van der Waals surface area contributed by atoms with E-state index in [0.29, 0.717) is 11.3 Å². The van der Waals surface area contributed by atoms with E-state index in [4.69, 9.17) is 10.5 Å². The molecule has 0 radical (unpaired) electrons. The molecule has 7 heteroatoms. The summed E-state index contributed by atoms with van der Waals surface area (Å²) in [4.78, 5) is 25.0. The number of para-hydroxylation sites is 1.